The number of carbonyl (C=O) groups is 1. The van der Waals surface area contributed by atoms with E-state index in [1.807, 2.05) is 5.38 Å². The molecule has 0 bridgehead atoms. The molecule has 1 amide bonds. The van der Waals surface area contributed by atoms with E-state index in [0.29, 0.717) is 13.0 Å². The van der Waals surface area contributed by atoms with Crippen LogP contribution in [0, 0.1) is 5.41 Å². The summed E-state index contributed by atoms with van der Waals surface area (Å²) >= 11 is 1.40. The van der Waals surface area contributed by atoms with E-state index in [1.54, 1.807) is 6.07 Å². The van der Waals surface area contributed by atoms with Gasteiger partial charge in [-0.05, 0) is 17.0 Å². The second-order valence-corrected chi connectivity index (χ2v) is 3.14. The minimum atomic E-state index is 0.0670. The molecule has 0 unspecified atom stereocenters. The molecule has 0 spiro atoms. The number of nitrogens with two attached hydrogens (primary N) is 1. The smallest absolute Gasteiger partial charge is 0.207 e. The third-order valence-corrected chi connectivity index (χ3v) is 2.32. The molecule has 0 fully saturated rings. The standard InChI is InChI=1S/C7H9N3OS/c8-7(9)6-1-5(3-12-6)2-10-4-11/h1,3-4H,2H2,(H3,8,9)(H,10,11). The van der Waals surface area contributed by atoms with Crippen molar-refractivity contribution in [3.63, 3.8) is 0 Å². The van der Waals surface area contributed by atoms with Crippen molar-refractivity contribution in [2.24, 2.45) is 5.73 Å². The van der Waals surface area contributed by atoms with Gasteiger partial charge in [0, 0.05) is 6.54 Å². The van der Waals surface area contributed by atoms with Gasteiger partial charge < -0.3 is 11.1 Å². The quantitative estimate of drug-likeness (QED) is 0.356. The lowest BCUT2D eigenvalue weighted by Gasteiger charge is -1.92. The number of amidine groups is 1. The summed E-state index contributed by atoms with van der Waals surface area (Å²) in [6.45, 7) is 0.493. The van der Waals surface area contributed by atoms with Crippen LogP contribution in [0.5, 0.6) is 0 Å². The van der Waals surface area contributed by atoms with Crippen LogP contribution < -0.4 is 11.1 Å². The Balaban J connectivity index is 2.64. The second kappa shape index (κ2) is 3.87. The highest BCUT2D eigenvalue weighted by molar-refractivity contribution is 7.12. The van der Waals surface area contributed by atoms with E-state index >= 15 is 0 Å². The van der Waals surface area contributed by atoms with E-state index in [2.05, 4.69) is 5.32 Å². The number of nitrogens with one attached hydrogen (secondary N) is 2. The van der Waals surface area contributed by atoms with E-state index in [1.165, 1.54) is 11.3 Å². The topological polar surface area (TPSA) is 79.0 Å². The Morgan fingerprint density at radius 2 is 2.58 bits per heavy atom. The van der Waals surface area contributed by atoms with Crippen LogP contribution in [0.2, 0.25) is 0 Å². The maximum absolute atomic E-state index is 9.94. The molecule has 1 rings (SSSR count). The number of rotatable bonds is 4. The van der Waals surface area contributed by atoms with Crippen molar-refractivity contribution >= 4 is 23.6 Å². The summed E-state index contributed by atoms with van der Waals surface area (Å²) in [4.78, 5) is 10.7. The predicted molar refractivity (Wildman–Crippen MR) is 48.2 cm³/mol. The Labute approximate surface area is 73.9 Å². The zero-order chi connectivity index (χ0) is 8.97. The fraction of sp³-hybridized carbons (Fsp3) is 0.143. The molecule has 0 aliphatic heterocycles. The van der Waals surface area contributed by atoms with Crippen LogP contribution >= 0.6 is 11.3 Å². The van der Waals surface area contributed by atoms with Gasteiger partial charge in [0.15, 0.2) is 0 Å². The fourth-order valence-electron chi connectivity index (χ4n) is 0.769. The molecule has 12 heavy (non-hydrogen) atoms. The van der Waals surface area contributed by atoms with Crippen LogP contribution in [0.1, 0.15) is 10.4 Å². The Hall–Kier alpha value is -1.36. The number of nitrogen functional groups attached to an aromatic ring is 1. The van der Waals surface area contributed by atoms with Crippen molar-refractivity contribution in [1.82, 2.24) is 5.32 Å². The first-order valence-corrected chi connectivity index (χ1v) is 4.21. The number of thiophene rings is 1. The Morgan fingerprint density at radius 1 is 1.83 bits per heavy atom. The molecule has 0 atom stereocenters. The molecule has 0 aliphatic carbocycles. The molecule has 0 saturated carbocycles. The number of hydrogen-bond acceptors (Lipinski definition) is 3. The summed E-state index contributed by atoms with van der Waals surface area (Å²) in [5.74, 6) is 0.0670. The Kier molecular flexibility index (Phi) is 2.82. The van der Waals surface area contributed by atoms with Crippen molar-refractivity contribution < 1.29 is 4.79 Å². The average molecular weight is 183 g/mol. The lowest BCUT2D eigenvalue weighted by Crippen LogP contribution is -2.10. The molecule has 0 saturated heterocycles. The molecule has 64 valence electrons. The largest absolute Gasteiger partial charge is 0.383 e. The van der Waals surface area contributed by atoms with Crippen molar-refractivity contribution in [1.29, 1.82) is 5.41 Å². The van der Waals surface area contributed by atoms with E-state index in [4.69, 9.17) is 11.1 Å². The molecule has 5 heteroatoms. The molecule has 4 nitrogen and oxygen atoms in total. The first-order chi connectivity index (χ1) is 5.74. The van der Waals surface area contributed by atoms with Gasteiger partial charge in [0.1, 0.15) is 5.84 Å². The average Bonchev–Trinajstić information content (AvgIpc) is 2.48. The van der Waals surface area contributed by atoms with Crippen LogP contribution in [0.15, 0.2) is 11.4 Å². The van der Waals surface area contributed by atoms with Crippen LogP contribution in [-0.2, 0) is 11.3 Å². The minimum absolute atomic E-state index is 0.0670. The van der Waals surface area contributed by atoms with E-state index in [-0.39, 0.29) is 5.84 Å². The third kappa shape index (κ3) is 2.06. The molecule has 1 heterocycles. The van der Waals surface area contributed by atoms with Crippen LogP contribution in [0.25, 0.3) is 0 Å². The normalized spacial score (nSPS) is 9.33. The third-order valence-electron chi connectivity index (χ3n) is 1.31. The maximum Gasteiger partial charge on any atom is 0.207 e. The summed E-state index contributed by atoms with van der Waals surface area (Å²) in [7, 11) is 0. The SMILES string of the molecule is N=C(N)c1cc(CNC=O)cs1. The number of carbonyl (C=O) groups excluding carboxylic acids is 1. The highest BCUT2D eigenvalue weighted by Gasteiger charge is 2.00. The summed E-state index contributed by atoms with van der Waals surface area (Å²) in [6, 6.07) is 1.80. The highest BCUT2D eigenvalue weighted by Crippen LogP contribution is 2.13. The summed E-state index contributed by atoms with van der Waals surface area (Å²) in [6.07, 6.45) is 0.644. The van der Waals surface area contributed by atoms with Gasteiger partial charge in [-0.3, -0.25) is 10.2 Å². The van der Waals surface area contributed by atoms with Gasteiger partial charge in [0.25, 0.3) is 0 Å². The van der Waals surface area contributed by atoms with Gasteiger partial charge >= 0.3 is 0 Å². The first kappa shape index (κ1) is 8.73. The van der Waals surface area contributed by atoms with Gasteiger partial charge in [-0.1, -0.05) is 0 Å². The molecule has 0 radical (unpaired) electrons. The van der Waals surface area contributed by atoms with Crippen molar-refractivity contribution in [3.05, 3.63) is 21.9 Å². The summed E-state index contributed by atoms with van der Waals surface area (Å²) in [5, 5.41) is 11.5. The van der Waals surface area contributed by atoms with Gasteiger partial charge in [0.05, 0.1) is 4.88 Å². The Morgan fingerprint density at radius 3 is 3.08 bits per heavy atom. The number of hydrogen-bond donors (Lipinski definition) is 3. The lowest BCUT2D eigenvalue weighted by atomic mass is 10.3. The summed E-state index contributed by atoms with van der Waals surface area (Å²) in [5.41, 5.74) is 6.23. The molecular weight excluding hydrogens is 174 g/mol. The molecule has 0 aliphatic rings. The van der Waals surface area contributed by atoms with Crippen LogP contribution in [0.4, 0.5) is 0 Å². The maximum atomic E-state index is 9.94. The van der Waals surface area contributed by atoms with Gasteiger partial charge in [0.2, 0.25) is 6.41 Å². The molecule has 4 N–H and O–H groups in total. The van der Waals surface area contributed by atoms with Crippen molar-refractivity contribution in [2.45, 2.75) is 6.54 Å². The fourth-order valence-corrected chi connectivity index (χ4v) is 1.55. The van der Waals surface area contributed by atoms with E-state index in [0.717, 1.165) is 10.4 Å². The first-order valence-electron chi connectivity index (χ1n) is 3.33. The van der Waals surface area contributed by atoms with Crippen molar-refractivity contribution in [3.8, 4) is 0 Å². The van der Waals surface area contributed by atoms with Crippen LogP contribution in [-0.4, -0.2) is 12.2 Å². The van der Waals surface area contributed by atoms with Gasteiger partial charge in [-0.2, -0.15) is 0 Å². The molecule has 1 aromatic rings. The zero-order valence-electron chi connectivity index (χ0n) is 6.33. The zero-order valence-corrected chi connectivity index (χ0v) is 7.15. The van der Waals surface area contributed by atoms with E-state index < -0.39 is 0 Å². The predicted octanol–water partition coefficient (Wildman–Crippen LogP) is 0.278. The lowest BCUT2D eigenvalue weighted by molar-refractivity contribution is -0.109. The molecular formula is C7H9N3OS. The molecule has 1 aromatic heterocycles. The van der Waals surface area contributed by atoms with Gasteiger partial charge in [-0.25, -0.2) is 0 Å². The monoisotopic (exact) mass is 183 g/mol. The van der Waals surface area contributed by atoms with Gasteiger partial charge in [-0.15, -0.1) is 11.3 Å². The minimum Gasteiger partial charge on any atom is -0.383 e. The summed E-state index contributed by atoms with van der Waals surface area (Å²) < 4.78 is 0. The highest BCUT2D eigenvalue weighted by atomic mass is 32.1. The van der Waals surface area contributed by atoms with Crippen molar-refractivity contribution in [2.75, 3.05) is 0 Å². The molecule has 0 aromatic carbocycles. The van der Waals surface area contributed by atoms with Crippen LogP contribution in [0.3, 0.4) is 0 Å². The second-order valence-electron chi connectivity index (χ2n) is 2.23. The Bertz CT molecular complexity index is 295. The van der Waals surface area contributed by atoms with E-state index in [9.17, 15) is 4.79 Å². The number of amides is 1.